The summed E-state index contributed by atoms with van der Waals surface area (Å²) in [6.07, 6.45) is 7.89. The van der Waals surface area contributed by atoms with E-state index in [-0.39, 0.29) is 17.9 Å². The van der Waals surface area contributed by atoms with Crippen LogP contribution in [0.25, 0.3) is 0 Å². The lowest BCUT2D eigenvalue weighted by Crippen LogP contribution is -2.40. The molecule has 3 N–H and O–H groups in total. The lowest BCUT2D eigenvalue weighted by Gasteiger charge is -2.30. The van der Waals surface area contributed by atoms with E-state index in [1.165, 1.54) is 6.42 Å². The average Bonchev–Trinajstić information content (AvgIpc) is 2.48. The number of hydrogen-bond donors (Lipinski definition) is 2. The van der Waals surface area contributed by atoms with E-state index in [4.69, 9.17) is 5.73 Å². The number of carbonyl (C=O) groups is 1. The number of amides is 1. The third-order valence-corrected chi connectivity index (χ3v) is 4.11. The summed E-state index contributed by atoms with van der Waals surface area (Å²) in [5, 5.41) is 3.11. The Bertz CT molecular complexity index is 407. The number of aromatic nitrogens is 1. The van der Waals surface area contributed by atoms with Crippen LogP contribution in [0.5, 0.6) is 0 Å². The van der Waals surface area contributed by atoms with Crippen LogP contribution in [0, 0.1) is 11.8 Å². The van der Waals surface area contributed by atoms with Crippen molar-refractivity contribution >= 4 is 5.91 Å². The van der Waals surface area contributed by atoms with E-state index in [0.29, 0.717) is 12.5 Å². The molecule has 0 saturated heterocycles. The minimum absolute atomic E-state index is 0.0239. The molecule has 1 aliphatic rings. The van der Waals surface area contributed by atoms with Crippen molar-refractivity contribution in [1.29, 1.82) is 0 Å². The van der Waals surface area contributed by atoms with Gasteiger partial charge in [-0.25, -0.2) is 0 Å². The molecule has 0 radical (unpaired) electrons. The summed E-state index contributed by atoms with van der Waals surface area (Å²) in [5.74, 6) is 0.584. The maximum Gasteiger partial charge on any atom is 0.223 e. The van der Waals surface area contributed by atoms with Gasteiger partial charge in [-0.05, 0) is 49.9 Å². The van der Waals surface area contributed by atoms with Crippen molar-refractivity contribution in [2.45, 2.75) is 38.6 Å². The molecule has 19 heavy (non-hydrogen) atoms. The minimum Gasteiger partial charge on any atom is -0.349 e. The first kappa shape index (κ1) is 14.0. The van der Waals surface area contributed by atoms with Gasteiger partial charge in [-0.3, -0.25) is 9.78 Å². The molecule has 1 aliphatic carbocycles. The number of nitrogens with two attached hydrogens (primary N) is 1. The Hall–Kier alpha value is -1.42. The molecule has 3 unspecified atom stereocenters. The van der Waals surface area contributed by atoms with Gasteiger partial charge in [0.05, 0.1) is 6.04 Å². The molecule has 1 aromatic heterocycles. The first-order valence-electron chi connectivity index (χ1n) is 7.12. The van der Waals surface area contributed by atoms with E-state index in [2.05, 4.69) is 10.3 Å². The number of nitrogens with zero attached hydrogens (tertiary/aromatic N) is 1. The molecule has 1 heterocycles. The molecule has 3 atom stereocenters. The number of nitrogens with one attached hydrogen (secondary N) is 1. The number of hydrogen-bond acceptors (Lipinski definition) is 3. The SMILES string of the molecule is CC(NC(=O)C1CCCCC1CN)c1ccncc1. The molecular formula is C15H23N3O. The normalized spacial score (nSPS) is 24.7. The predicted octanol–water partition coefficient (Wildman–Crippen LogP) is 2.02. The van der Waals surface area contributed by atoms with E-state index in [1.54, 1.807) is 12.4 Å². The summed E-state index contributed by atoms with van der Waals surface area (Å²) < 4.78 is 0. The zero-order chi connectivity index (χ0) is 13.7. The van der Waals surface area contributed by atoms with Crippen LogP contribution in [0.4, 0.5) is 0 Å². The van der Waals surface area contributed by atoms with Crippen molar-refractivity contribution in [2.24, 2.45) is 17.6 Å². The fraction of sp³-hybridized carbons (Fsp3) is 0.600. The highest BCUT2D eigenvalue weighted by Gasteiger charge is 2.30. The van der Waals surface area contributed by atoms with Crippen molar-refractivity contribution < 1.29 is 4.79 Å². The largest absolute Gasteiger partial charge is 0.349 e. The molecular weight excluding hydrogens is 238 g/mol. The van der Waals surface area contributed by atoms with Crippen molar-refractivity contribution in [3.05, 3.63) is 30.1 Å². The first-order chi connectivity index (χ1) is 9.22. The summed E-state index contributed by atoms with van der Waals surface area (Å²) in [5.41, 5.74) is 6.87. The fourth-order valence-electron chi connectivity index (χ4n) is 2.89. The van der Waals surface area contributed by atoms with Crippen LogP contribution in [-0.2, 0) is 4.79 Å². The Morgan fingerprint density at radius 3 is 2.79 bits per heavy atom. The number of carbonyl (C=O) groups excluding carboxylic acids is 1. The van der Waals surface area contributed by atoms with Crippen LogP contribution in [0.3, 0.4) is 0 Å². The van der Waals surface area contributed by atoms with E-state index in [0.717, 1.165) is 24.8 Å². The topological polar surface area (TPSA) is 68.0 Å². The second kappa shape index (κ2) is 6.66. The minimum atomic E-state index is 0.0239. The highest BCUT2D eigenvalue weighted by Crippen LogP contribution is 2.30. The molecule has 4 heteroatoms. The molecule has 0 spiro atoms. The summed E-state index contributed by atoms with van der Waals surface area (Å²) in [4.78, 5) is 16.4. The molecule has 0 aromatic carbocycles. The van der Waals surface area contributed by atoms with E-state index in [9.17, 15) is 4.79 Å². The van der Waals surface area contributed by atoms with Gasteiger partial charge in [-0.1, -0.05) is 12.8 Å². The number of pyridine rings is 1. The van der Waals surface area contributed by atoms with Crippen molar-refractivity contribution in [1.82, 2.24) is 10.3 Å². The van der Waals surface area contributed by atoms with Crippen LogP contribution < -0.4 is 11.1 Å². The highest BCUT2D eigenvalue weighted by atomic mass is 16.1. The first-order valence-corrected chi connectivity index (χ1v) is 7.12. The van der Waals surface area contributed by atoms with Crippen molar-refractivity contribution in [3.63, 3.8) is 0 Å². The van der Waals surface area contributed by atoms with Gasteiger partial charge in [0.15, 0.2) is 0 Å². The van der Waals surface area contributed by atoms with Crippen LogP contribution in [0.2, 0.25) is 0 Å². The van der Waals surface area contributed by atoms with Crippen LogP contribution in [-0.4, -0.2) is 17.4 Å². The van der Waals surface area contributed by atoms with Gasteiger partial charge in [-0.2, -0.15) is 0 Å². The van der Waals surface area contributed by atoms with Gasteiger partial charge in [0, 0.05) is 18.3 Å². The average molecular weight is 261 g/mol. The summed E-state index contributed by atoms with van der Waals surface area (Å²) in [6, 6.07) is 3.90. The molecule has 1 aromatic rings. The maximum atomic E-state index is 12.4. The third-order valence-electron chi connectivity index (χ3n) is 4.11. The summed E-state index contributed by atoms with van der Waals surface area (Å²) >= 11 is 0. The van der Waals surface area contributed by atoms with Crippen LogP contribution >= 0.6 is 0 Å². The monoisotopic (exact) mass is 261 g/mol. The standard InChI is InChI=1S/C15H23N3O/c1-11(12-6-8-17-9-7-12)18-15(19)14-5-3-2-4-13(14)10-16/h6-9,11,13-14H,2-5,10,16H2,1H3,(H,18,19). The Labute approximate surface area is 114 Å². The van der Waals surface area contributed by atoms with Crippen LogP contribution in [0.1, 0.15) is 44.2 Å². The Balaban J connectivity index is 1.96. The molecule has 1 saturated carbocycles. The Morgan fingerprint density at radius 1 is 1.42 bits per heavy atom. The van der Waals surface area contributed by atoms with Gasteiger partial charge in [0.1, 0.15) is 0 Å². The molecule has 1 fully saturated rings. The lowest BCUT2D eigenvalue weighted by atomic mass is 9.78. The van der Waals surface area contributed by atoms with Crippen molar-refractivity contribution in [2.75, 3.05) is 6.54 Å². The number of rotatable bonds is 4. The van der Waals surface area contributed by atoms with E-state index < -0.39 is 0 Å². The van der Waals surface area contributed by atoms with Crippen molar-refractivity contribution in [3.8, 4) is 0 Å². The lowest BCUT2D eigenvalue weighted by molar-refractivity contribution is -0.128. The quantitative estimate of drug-likeness (QED) is 0.871. The fourth-order valence-corrected chi connectivity index (χ4v) is 2.89. The van der Waals surface area contributed by atoms with Gasteiger partial charge < -0.3 is 11.1 Å². The molecule has 4 nitrogen and oxygen atoms in total. The summed E-state index contributed by atoms with van der Waals surface area (Å²) in [6.45, 7) is 2.62. The van der Waals surface area contributed by atoms with E-state index in [1.807, 2.05) is 19.1 Å². The molecule has 0 aliphatic heterocycles. The Kier molecular flexibility index (Phi) is 4.91. The zero-order valence-corrected chi connectivity index (χ0v) is 11.5. The van der Waals surface area contributed by atoms with Gasteiger partial charge in [0.25, 0.3) is 0 Å². The van der Waals surface area contributed by atoms with Crippen LogP contribution in [0.15, 0.2) is 24.5 Å². The highest BCUT2D eigenvalue weighted by molar-refractivity contribution is 5.79. The van der Waals surface area contributed by atoms with Gasteiger partial charge in [-0.15, -0.1) is 0 Å². The maximum absolute atomic E-state index is 12.4. The molecule has 0 bridgehead atoms. The van der Waals surface area contributed by atoms with E-state index >= 15 is 0 Å². The third kappa shape index (κ3) is 3.53. The summed E-state index contributed by atoms with van der Waals surface area (Å²) in [7, 11) is 0. The molecule has 104 valence electrons. The molecule has 1 amide bonds. The second-order valence-corrected chi connectivity index (χ2v) is 5.40. The Morgan fingerprint density at radius 2 is 2.11 bits per heavy atom. The smallest absolute Gasteiger partial charge is 0.223 e. The zero-order valence-electron chi connectivity index (χ0n) is 11.5. The predicted molar refractivity (Wildman–Crippen MR) is 75.3 cm³/mol. The van der Waals surface area contributed by atoms with Gasteiger partial charge in [0.2, 0.25) is 5.91 Å². The molecule has 2 rings (SSSR count). The van der Waals surface area contributed by atoms with Gasteiger partial charge >= 0.3 is 0 Å². The second-order valence-electron chi connectivity index (χ2n) is 5.40.